The predicted octanol–water partition coefficient (Wildman–Crippen LogP) is 1.50. The molecule has 2 heterocycles. The molecule has 11 heavy (non-hydrogen) atoms. The van der Waals surface area contributed by atoms with Crippen LogP contribution < -0.4 is 0 Å². The average molecular weight is 266 g/mol. The van der Waals surface area contributed by atoms with E-state index in [0.717, 1.165) is 18.1 Å². The van der Waals surface area contributed by atoms with E-state index in [2.05, 4.69) is 44.7 Å². The molecule has 1 unspecified atom stereocenters. The van der Waals surface area contributed by atoms with Gasteiger partial charge in [0.25, 0.3) is 0 Å². The van der Waals surface area contributed by atoms with Gasteiger partial charge in [0.1, 0.15) is 0 Å². The first-order valence-corrected chi connectivity index (χ1v) is 5.33. The van der Waals surface area contributed by atoms with Crippen molar-refractivity contribution in [2.24, 2.45) is 0 Å². The van der Waals surface area contributed by atoms with Crippen molar-refractivity contribution in [2.45, 2.75) is 38.4 Å². The molecule has 2 fully saturated rings. The molecule has 0 aromatic carbocycles. The zero-order valence-electron chi connectivity index (χ0n) is 7.13. The number of rotatable bonds is 1. The molecular formula is C8H15IN2. The van der Waals surface area contributed by atoms with Crippen LogP contribution in [0.5, 0.6) is 0 Å². The molecule has 3 heteroatoms. The van der Waals surface area contributed by atoms with E-state index in [1.165, 1.54) is 19.5 Å². The summed E-state index contributed by atoms with van der Waals surface area (Å²) < 4.78 is 2.47. The average Bonchev–Trinajstić information content (AvgIpc) is 2.43. The normalized spacial score (nSPS) is 39.3. The van der Waals surface area contributed by atoms with E-state index in [1.807, 2.05) is 0 Å². The third kappa shape index (κ3) is 1.31. The Hall–Kier alpha value is 0.650. The van der Waals surface area contributed by atoms with Crippen LogP contribution >= 0.6 is 22.9 Å². The summed E-state index contributed by atoms with van der Waals surface area (Å²) in [4.78, 5) is 2.64. The van der Waals surface area contributed by atoms with Crippen LogP contribution in [0, 0.1) is 0 Å². The molecule has 2 atom stereocenters. The summed E-state index contributed by atoms with van der Waals surface area (Å²) in [5.74, 6) is 0. The lowest BCUT2D eigenvalue weighted by Crippen LogP contribution is -2.45. The molecule has 2 nitrogen and oxygen atoms in total. The Kier molecular flexibility index (Phi) is 2.14. The number of fused-ring (bicyclic) bond motifs is 2. The van der Waals surface area contributed by atoms with Crippen LogP contribution in [0.2, 0.25) is 0 Å². The molecule has 0 spiro atoms. The van der Waals surface area contributed by atoms with Gasteiger partial charge in [-0.2, -0.15) is 0 Å². The molecule has 0 aromatic rings. The van der Waals surface area contributed by atoms with Crippen LogP contribution in [-0.2, 0) is 0 Å². The minimum Gasteiger partial charge on any atom is -0.295 e. The topological polar surface area (TPSA) is 6.48 Å². The highest BCUT2D eigenvalue weighted by Crippen LogP contribution is 2.33. The maximum atomic E-state index is 2.64. The Bertz CT molecular complexity index is 158. The summed E-state index contributed by atoms with van der Waals surface area (Å²) >= 11 is 2.46. The van der Waals surface area contributed by atoms with Crippen molar-refractivity contribution in [1.29, 1.82) is 0 Å². The predicted molar refractivity (Wildman–Crippen MR) is 54.8 cm³/mol. The number of likely N-dealkylation sites (tertiary alicyclic amines) is 1. The summed E-state index contributed by atoms with van der Waals surface area (Å²) in [5, 5.41) is 0. The Morgan fingerprint density at radius 2 is 2.00 bits per heavy atom. The molecule has 0 N–H and O–H groups in total. The summed E-state index contributed by atoms with van der Waals surface area (Å²) in [5.41, 5.74) is 0. The SMILES string of the molecule is CC(C)N1CC2C[C@@H]1CN2I. The summed E-state index contributed by atoms with van der Waals surface area (Å²) in [6.07, 6.45) is 1.40. The first-order chi connectivity index (χ1) is 5.18. The minimum absolute atomic E-state index is 0.745. The van der Waals surface area contributed by atoms with Crippen LogP contribution in [-0.4, -0.2) is 39.2 Å². The fourth-order valence-corrected chi connectivity index (χ4v) is 3.14. The van der Waals surface area contributed by atoms with Crippen molar-refractivity contribution in [3.05, 3.63) is 0 Å². The second kappa shape index (κ2) is 2.85. The fourth-order valence-electron chi connectivity index (χ4n) is 2.28. The van der Waals surface area contributed by atoms with Gasteiger partial charge in [-0.05, 0) is 20.3 Å². The molecule has 2 aliphatic heterocycles. The number of halogens is 1. The highest BCUT2D eigenvalue weighted by atomic mass is 127. The van der Waals surface area contributed by atoms with Crippen molar-refractivity contribution in [3.8, 4) is 0 Å². The lowest BCUT2D eigenvalue weighted by atomic mass is 10.2. The van der Waals surface area contributed by atoms with E-state index in [4.69, 9.17) is 0 Å². The van der Waals surface area contributed by atoms with E-state index < -0.39 is 0 Å². The van der Waals surface area contributed by atoms with Crippen LogP contribution in [0.3, 0.4) is 0 Å². The molecule has 64 valence electrons. The second-order valence-electron chi connectivity index (χ2n) is 3.92. The number of hydrogen-bond acceptors (Lipinski definition) is 2. The maximum Gasteiger partial charge on any atom is 0.0337 e. The number of piperazine rings is 1. The van der Waals surface area contributed by atoms with E-state index in [1.54, 1.807) is 0 Å². The van der Waals surface area contributed by atoms with E-state index >= 15 is 0 Å². The molecule has 0 aliphatic carbocycles. The van der Waals surface area contributed by atoms with Crippen LogP contribution in [0.25, 0.3) is 0 Å². The second-order valence-corrected chi connectivity index (χ2v) is 5.16. The molecule has 0 amide bonds. The summed E-state index contributed by atoms with van der Waals surface area (Å²) in [6.45, 7) is 7.19. The van der Waals surface area contributed by atoms with Gasteiger partial charge in [0.05, 0.1) is 0 Å². The van der Waals surface area contributed by atoms with Crippen molar-refractivity contribution >= 4 is 22.9 Å². The molecule has 2 aliphatic rings. The van der Waals surface area contributed by atoms with Crippen molar-refractivity contribution in [2.75, 3.05) is 13.1 Å². The molecule has 2 saturated heterocycles. The summed E-state index contributed by atoms with van der Waals surface area (Å²) in [7, 11) is 0. The Labute approximate surface area is 82.4 Å². The number of hydrogen-bond donors (Lipinski definition) is 0. The van der Waals surface area contributed by atoms with Crippen molar-refractivity contribution in [3.63, 3.8) is 0 Å². The van der Waals surface area contributed by atoms with Gasteiger partial charge in [-0.3, -0.25) is 4.90 Å². The number of nitrogens with zero attached hydrogens (tertiary/aromatic N) is 2. The van der Waals surface area contributed by atoms with Gasteiger partial charge in [0.15, 0.2) is 0 Å². The van der Waals surface area contributed by atoms with Gasteiger partial charge in [0, 0.05) is 54.1 Å². The summed E-state index contributed by atoms with van der Waals surface area (Å²) in [6, 6.07) is 2.45. The highest BCUT2D eigenvalue weighted by Gasteiger charge is 2.42. The third-order valence-corrected chi connectivity index (χ3v) is 4.06. The Morgan fingerprint density at radius 3 is 2.36 bits per heavy atom. The largest absolute Gasteiger partial charge is 0.295 e. The fraction of sp³-hybridized carbons (Fsp3) is 1.00. The minimum atomic E-state index is 0.745. The van der Waals surface area contributed by atoms with Crippen molar-refractivity contribution < 1.29 is 0 Å². The van der Waals surface area contributed by atoms with Gasteiger partial charge >= 0.3 is 0 Å². The zero-order chi connectivity index (χ0) is 8.01. The highest BCUT2D eigenvalue weighted by molar-refractivity contribution is 14.1. The lowest BCUT2D eigenvalue weighted by Gasteiger charge is -2.33. The smallest absolute Gasteiger partial charge is 0.0337 e. The van der Waals surface area contributed by atoms with Crippen LogP contribution in [0.15, 0.2) is 0 Å². The maximum absolute atomic E-state index is 2.64. The molecule has 0 aromatic heterocycles. The van der Waals surface area contributed by atoms with Crippen LogP contribution in [0.1, 0.15) is 20.3 Å². The quantitative estimate of drug-likeness (QED) is 0.524. The molecule has 0 saturated carbocycles. The Balaban J connectivity index is 2.02. The zero-order valence-corrected chi connectivity index (χ0v) is 9.28. The first-order valence-electron chi connectivity index (χ1n) is 4.36. The van der Waals surface area contributed by atoms with Crippen LogP contribution in [0.4, 0.5) is 0 Å². The molecule has 0 radical (unpaired) electrons. The third-order valence-electron chi connectivity index (χ3n) is 2.88. The Morgan fingerprint density at radius 1 is 1.27 bits per heavy atom. The molecule has 2 bridgehead atoms. The van der Waals surface area contributed by atoms with E-state index in [9.17, 15) is 0 Å². The van der Waals surface area contributed by atoms with E-state index in [0.29, 0.717) is 0 Å². The lowest BCUT2D eigenvalue weighted by molar-refractivity contribution is 0.158. The van der Waals surface area contributed by atoms with Gasteiger partial charge in [-0.1, -0.05) is 0 Å². The molecule has 2 rings (SSSR count). The molecular weight excluding hydrogens is 251 g/mol. The monoisotopic (exact) mass is 266 g/mol. The van der Waals surface area contributed by atoms with Crippen molar-refractivity contribution in [1.82, 2.24) is 8.01 Å². The standard InChI is InChI=1S/C8H15IN2/c1-6(2)10-4-8-3-7(10)5-11(8)9/h6-8H,3-5H2,1-2H3/t7-,8?/m1/s1. The van der Waals surface area contributed by atoms with Gasteiger partial charge in [0.2, 0.25) is 0 Å². The van der Waals surface area contributed by atoms with E-state index in [-0.39, 0.29) is 0 Å². The van der Waals surface area contributed by atoms with Gasteiger partial charge in [-0.15, -0.1) is 0 Å². The first kappa shape index (κ1) is 8.26. The van der Waals surface area contributed by atoms with Gasteiger partial charge in [-0.25, -0.2) is 3.11 Å². The van der Waals surface area contributed by atoms with Gasteiger partial charge < -0.3 is 0 Å².